The van der Waals surface area contributed by atoms with Crippen molar-refractivity contribution in [3.63, 3.8) is 0 Å². The Kier molecular flexibility index (Phi) is 3.66. The molecule has 0 radical (unpaired) electrons. The van der Waals surface area contributed by atoms with Gasteiger partial charge in [0.2, 0.25) is 5.69 Å². The highest BCUT2D eigenvalue weighted by molar-refractivity contribution is 6.30. The lowest BCUT2D eigenvalue weighted by Crippen LogP contribution is -2.01. The van der Waals surface area contributed by atoms with Gasteiger partial charge in [-0.25, -0.2) is 9.89 Å². The number of benzene rings is 1. The highest BCUT2D eigenvalue weighted by atomic mass is 35.5. The van der Waals surface area contributed by atoms with Crippen LogP contribution in [0, 0.1) is 5.92 Å². The van der Waals surface area contributed by atoms with Crippen molar-refractivity contribution in [2.45, 2.75) is 12.8 Å². The molecule has 0 amide bonds. The van der Waals surface area contributed by atoms with Gasteiger partial charge in [0.15, 0.2) is 0 Å². The molecule has 1 saturated carbocycles. The lowest BCUT2D eigenvalue weighted by Gasteiger charge is -2.08. The quantitative estimate of drug-likeness (QED) is 0.851. The molecule has 0 bridgehead atoms. The Hall–Kier alpha value is -2.28. The second-order valence-corrected chi connectivity index (χ2v) is 5.21. The van der Waals surface area contributed by atoms with Crippen molar-refractivity contribution in [3.8, 4) is 17.4 Å². The summed E-state index contributed by atoms with van der Waals surface area (Å²) in [6.07, 6.45) is 2.37. The molecule has 0 aliphatic heterocycles. The van der Waals surface area contributed by atoms with Crippen molar-refractivity contribution in [2.75, 3.05) is 6.61 Å². The molecule has 8 heteroatoms. The van der Waals surface area contributed by atoms with Gasteiger partial charge in [-0.05, 0) is 30.9 Å². The van der Waals surface area contributed by atoms with E-state index >= 15 is 0 Å². The number of nitrogens with zero attached hydrogens (tertiary/aromatic N) is 2. The minimum atomic E-state index is -1.21. The molecule has 21 heavy (non-hydrogen) atoms. The molecule has 1 aromatic carbocycles. The summed E-state index contributed by atoms with van der Waals surface area (Å²) >= 11 is 6.00. The number of carboxylic acids is 1. The first-order chi connectivity index (χ1) is 10.1. The summed E-state index contributed by atoms with van der Waals surface area (Å²) in [4.78, 5) is 10.9. The summed E-state index contributed by atoms with van der Waals surface area (Å²) in [5.74, 6) is 0.192. The molecule has 0 saturated heterocycles. The molecule has 0 atom stereocenters. The number of carboxylic acid groups (broad SMARTS) is 1. The third-order valence-electron chi connectivity index (χ3n) is 2.97. The molecule has 2 N–H and O–H groups in total. The minimum Gasteiger partial charge on any atom is -0.493 e. The zero-order chi connectivity index (χ0) is 14.8. The minimum absolute atomic E-state index is 0.127. The van der Waals surface area contributed by atoms with Crippen LogP contribution in [0.25, 0.3) is 0 Å². The molecule has 7 nitrogen and oxygen atoms in total. The van der Waals surface area contributed by atoms with Gasteiger partial charge >= 0.3 is 5.97 Å². The first-order valence-corrected chi connectivity index (χ1v) is 6.75. The molecule has 3 rings (SSSR count). The molecular formula is C13H12ClN3O4. The summed E-state index contributed by atoms with van der Waals surface area (Å²) in [5.41, 5.74) is -0.226. The maximum atomic E-state index is 10.9. The maximum absolute atomic E-state index is 10.9. The predicted molar refractivity (Wildman–Crippen MR) is 73.1 cm³/mol. The lowest BCUT2D eigenvalue weighted by atomic mass is 10.3. The number of rotatable bonds is 6. The molecule has 1 aliphatic rings. The second-order valence-electron chi connectivity index (χ2n) is 4.78. The van der Waals surface area contributed by atoms with Crippen LogP contribution < -0.4 is 9.47 Å². The van der Waals surface area contributed by atoms with Gasteiger partial charge in [-0.3, -0.25) is 0 Å². The number of hydrogen-bond donors (Lipinski definition) is 2. The highest BCUT2D eigenvalue weighted by Gasteiger charge is 2.22. The molecule has 2 aromatic rings. The molecule has 0 spiro atoms. The van der Waals surface area contributed by atoms with Crippen LogP contribution in [-0.2, 0) is 0 Å². The zero-order valence-electron chi connectivity index (χ0n) is 10.9. The Labute approximate surface area is 124 Å². The van der Waals surface area contributed by atoms with E-state index in [0.717, 1.165) is 0 Å². The van der Waals surface area contributed by atoms with Gasteiger partial charge < -0.3 is 14.6 Å². The molecule has 0 unspecified atom stereocenters. The number of halogens is 1. The number of aromatic nitrogens is 3. The van der Waals surface area contributed by atoms with E-state index in [4.69, 9.17) is 26.2 Å². The van der Waals surface area contributed by atoms with Crippen LogP contribution in [-0.4, -0.2) is 33.1 Å². The smallest absolute Gasteiger partial charge is 0.359 e. The Balaban J connectivity index is 1.77. The van der Waals surface area contributed by atoms with E-state index in [9.17, 15) is 4.79 Å². The number of aromatic carboxylic acids is 1. The van der Waals surface area contributed by atoms with Crippen LogP contribution >= 0.6 is 11.6 Å². The largest absolute Gasteiger partial charge is 0.493 e. The van der Waals surface area contributed by atoms with Gasteiger partial charge in [0, 0.05) is 11.1 Å². The molecule has 1 aliphatic carbocycles. The molecule has 1 fully saturated rings. The highest BCUT2D eigenvalue weighted by Crippen LogP contribution is 2.33. The fourth-order valence-corrected chi connectivity index (χ4v) is 1.93. The number of hydrogen-bond acceptors (Lipinski definition) is 5. The van der Waals surface area contributed by atoms with E-state index in [1.807, 2.05) is 0 Å². The number of carbonyl (C=O) groups is 1. The lowest BCUT2D eigenvalue weighted by molar-refractivity contribution is 0.0687. The standard InChI is InChI=1S/C13H12ClN3O4/c14-8-3-9(20-6-7-1-2-7)5-10(4-8)21-12-11(13(18)19)15-17-16-12/h3-5,7H,1-2,6H2,(H,18,19)(H,15,16,17). The second kappa shape index (κ2) is 5.61. The SMILES string of the molecule is O=C(O)c1[nH]nnc1Oc1cc(Cl)cc(OCC2CC2)c1. The van der Waals surface area contributed by atoms with Gasteiger partial charge in [-0.1, -0.05) is 21.9 Å². The number of aromatic amines is 1. The van der Waals surface area contributed by atoms with Gasteiger partial charge in [-0.2, -0.15) is 0 Å². The van der Waals surface area contributed by atoms with Crippen molar-refractivity contribution >= 4 is 17.6 Å². The summed E-state index contributed by atoms with van der Waals surface area (Å²) < 4.78 is 11.0. The Morgan fingerprint density at radius 2 is 2.14 bits per heavy atom. The maximum Gasteiger partial charge on any atom is 0.359 e. The molecule has 110 valence electrons. The monoisotopic (exact) mass is 309 g/mol. The topological polar surface area (TPSA) is 97.3 Å². The predicted octanol–water partition coefficient (Wildman–Crippen LogP) is 2.74. The summed E-state index contributed by atoms with van der Waals surface area (Å²) in [6.45, 7) is 0.643. The Morgan fingerprint density at radius 1 is 1.38 bits per heavy atom. The van der Waals surface area contributed by atoms with Crippen LogP contribution in [0.3, 0.4) is 0 Å². The Bertz CT molecular complexity index is 669. The number of H-pyrrole nitrogens is 1. The molecular weight excluding hydrogens is 298 g/mol. The van der Waals surface area contributed by atoms with Crippen LogP contribution in [0.15, 0.2) is 18.2 Å². The summed E-state index contributed by atoms with van der Waals surface area (Å²) in [7, 11) is 0. The van der Waals surface area contributed by atoms with E-state index < -0.39 is 5.97 Å². The third-order valence-corrected chi connectivity index (χ3v) is 3.19. The fraction of sp³-hybridized carbons (Fsp3) is 0.308. The molecule has 1 heterocycles. The van der Waals surface area contributed by atoms with Crippen LogP contribution in [0.2, 0.25) is 5.02 Å². The molecule has 1 aromatic heterocycles. The average Bonchev–Trinajstić information content (AvgIpc) is 3.14. The number of ether oxygens (including phenoxy) is 2. The van der Waals surface area contributed by atoms with Crippen LogP contribution in [0.4, 0.5) is 0 Å². The summed E-state index contributed by atoms with van der Waals surface area (Å²) in [5, 5.41) is 18.6. The van der Waals surface area contributed by atoms with Gasteiger partial charge in [-0.15, -0.1) is 0 Å². The van der Waals surface area contributed by atoms with Crippen molar-refractivity contribution in [2.24, 2.45) is 5.92 Å². The Morgan fingerprint density at radius 3 is 2.86 bits per heavy atom. The van der Waals surface area contributed by atoms with Crippen molar-refractivity contribution in [1.29, 1.82) is 0 Å². The van der Waals surface area contributed by atoms with Gasteiger partial charge in [0.05, 0.1) is 6.61 Å². The first kappa shape index (κ1) is 13.7. The third kappa shape index (κ3) is 3.43. The van der Waals surface area contributed by atoms with Crippen molar-refractivity contribution in [3.05, 3.63) is 28.9 Å². The number of nitrogens with one attached hydrogen (secondary N) is 1. The van der Waals surface area contributed by atoms with E-state index in [2.05, 4.69) is 15.4 Å². The first-order valence-electron chi connectivity index (χ1n) is 6.37. The van der Waals surface area contributed by atoms with Crippen LogP contribution in [0.1, 0.15) is 23.3 Å². The average molecular weight is 310 g/mol. The van der Waals surface area contributed by atoms with Gasteiger partial charge in [0.1, 0.15) is 11.5 Å². The van der Waals surface area contributed by atoms with Crippen molar-refractivity contribution < 1.29 is 19.4 Å². The van der Waals surface area contributed by atoms with Gasteiger partial charge in [0.25, 0.3) is 5.88 Å². The fourth-order valence-electron chi connectivity index (χ4n) is 1.72. The van der Waals surface area contributed by atoms with E-state index in [0.29, 0.717) is 29.0 Å². The van der Waals surface area contributed by atoms with E-state index in [1.54, 1.807) is 18.2 Å². The van der Waals surface area contributed by atoms with Crippen LogP contribution in [0.5, 0.6) is 17.4 Å². The summed E-state index contributed by atoms with van der Waals surface area (Å²) in [6, 6.07) is 4.86. The van der Waals surface area contributed by atoms with E-state index in [-0.39, 0.29) is 11.6 Å². The van der Waals surface area contributed by atoms with Crippen molar-refractivity contribution in [1.82, 2.24) is 15.4 Å². The van der Waals surface area contributed by atoms with E-state index in [1.165, 1.54) is 12.8 Å². The normalized spacial score (nSPS) is 14.0. The zero-order valence-corrected chi connectivity index (χ0v) is 11.6.